The van der Waals surface area contributed by atoms with Crippen LogP contribution >= 0.6 is 0 Å². The number of carbonyl (C=O) groups excluding carboxylic acids is 2. The summed E-state index contributed by atoms with van der Waals surface area (Å²) in [4.78, 5) is 26.5. The van der Waals surface area contributed by atoms with Gasteiger partial charge in [0.25, 0.3) is 0 Å². The highest BCUT2D eigenvalue weighted by Crippen LogP contribution is 2.23. The monoisotopic (exact) mass is 318 g/mol. The topological polar surface area (TPSA) is 58.6 Å². The van der Waals surface area contributed by atoms with Gasteiger partial charge in [0, 0.05) is 12.1 Å². The average Bonchev–Trinajstić information content (AvgIpc) is 2.52. The van der Waals surface area contributed by atoms with E-state index in [0.29, 0.717) is 30.2 Å². The van der Waals surface area contributed by atoms with Crippen LogP contribution in [0.3, 0.4) is 0 Å². The van der Waals surface area contributed by atoms with E-state index in [1.54, 1.807) is 19.1 Å². The molecule has 0 atom stereocenters. The zero-order chi connectivity index (χ0) is 16.8. The molecule has 1 aliphatic rings. The van der Waals surface area contributed by atoms with Crippen LogP contribution in [0.1, 0.15) is 42.1 Å². The van der Waals surface area contributed by atoms with Gasteiger partial charge in [-0.3, -0.25) is 4.79 Å². The smallest absolute Gasteiger partial charge is 0.338 e. The van der Waals surface area contributed by atoms with E-state index >= 15 is 0 Å². The Morgan fingerprint density at radius 3 is 2.65 bits per heavy atom. The molecule has 23 heavy (non-hydrogen) atoms. The summed E-state index contributed by atoms with van der Waals surface area (Å²) >= 11 is 0. The number of rotatable bonds is 5. The molecule has 126 valence electrons. The van der Waals surface area contributed by atoms with Crippen LogP contribution in [-0.4, -0.2) is 43.5 Å². The molecule has 0 aliphatic carbocycles. The fourth-order valence-electron chi connectivity index (χ4n) is 2.93. The Labute approximate surface area is 138 Å². The summed E-state index contributed by atoms with van der Waals surface area (Å²) in [6.07, 6.45) is 2.66. The molecule has 1 aromatic rings. The Bertz CT molecular complexity index is 563. The second-order valence-electron chi connectivity index (χ2n) is 6.20. The highest BCUT2D eigenvalue weighted by molar-refractivity contribution is 5.96. The van der Waals surface area contributed by atoms with Crippen molar-refractivity contribution >= 4 is 17.6 Å². The van der Waals surface area contributed by atoms with Crippen LogP contribution in [0, 0.1) is 12.8 Å². The number of esters is 1. The number of hydrogen-bond acceptors (Lipinski definition) is 4. The molecule has 0 radical (unpaired) electrons. The lowest BCUT2D eigenvalue weighted by molar-refractivity contribution is -0.117. The zero-order valence-electron chi connectivity index (χ0n) is 14.2. The third-order valence-corrected chi connectivity index (χ3v) is 4.42. The maximum atomic E-state index is 12.3. The molecule has 1 aliphatic heterocycles. The summed E-state index contributed by atoms with van der Waals surface area (Å²) < 4.78 is 5.04. The molecule has 1 fully saturated rings. The lowest BCUT2D eigenvalue weighted by Gasteiger charge is -2.28. The van der Waals surface area contributed by atoms with Crippen molar-refractivity contribution in [3.8, 4) is 0 Å². The van der Waals surface area contributed by atoms with Crippen LogP contribution in [0.25, 0.3) is 0 Å². The molecule has 0 saturated carbocycles. The first-order valence-electron chi connectivity index (χ1n) is 8.26. The molecule has 1 amide bonds. The summed E-state index contributed by atoms with van der Waals surface area (Å²) in [7, 11) is 2.11. The van der Waals surface area contributed by atoms with Crippen molar-refractivity contribution in [3.63, 3.8) is 0 Å². The summed E-state index contributed by atoms with van der Waals surface area (Å²) in [6, 6.07) is 5.31. The van der Waals surface area contributed by atoms with E-state index in [4.69, 9.17) is 4.74 Å². The fraction of sp³-hybridized carbons (Fsp3) is 0.556. The lowest BCUT2D eigenvalue weighted by Crippen LogP contribution is -2.32. The van der Waals surface area contributed by atoms with Crippen molar-refractivity contribution in [1.82, 2.24) is 4.90 Å². The van der Waals surface area contributed by atoms with Gasteiger partial charge in [0.05, 0.1) is 12.2 Å². The Morgan fingerprint density at radius 1 is 1.30 bits per heavy atom. The van der Waals surface area contributed by atoms with Gasteiger partial charge in [-0.05, 0) is 70.4 Å². The summed E-state index contributed by atoms with van der Waals surface area (Å²) in [5.41, 5.74) is 1.94. The van der Waals surface area contributed by atoms with Crippen molar-refractivity contribution < 1.29 is 14.3 Å². The molecule has 0 bridgehead atoms. The van der Waals surface area contributed by atoms with E-state index in [0.717, 1.165) is 31.5 Å². The van der Waals surface area contributed by atoms with Gasteiger partial charge in [0.2, 0.25) is 5.91 Å². The third-order valence-electron chi connectivity index (χ3n) is 4.42. The van der Waals surface area contributed by atoms with Crippen molar-refractivity contribution in [2.45, 2.75) is 33.1 Å². The number of carbonyl (C=O) groups is 2. The van der Waals surface area contributed by atoms with Gasteiger partial charge in [0.15, 0.2) is 0 Å². The molecular formula is C18H26N2O3. The number of amides is 1. The van der Waals surface area contributed by atoms with Crippen molar-refractivity contribution in [2.24, 2.45) is 5.92 Å². The maximum absolute atomic E-state index is 12.3. The molecule has 1 aromatic carbocycles. The number of hydrogen-bond donors (Lipinski definition) is 1. The highest BCUT2D eigenvalue weighted by Gasteiger charge is 2.20. The quantitative estimate of drug-likeness (QED) is 0.848. The van der Waals surface area contributed by atoms with E-state index in [-0.39, 0.29) is 11.9 Å². The van der Waals surface area contributed by atoms with Crippen molar-refractivity contribution in [3.05, 3.63) is 29.3 Å². The molecule has 5 nitrogen and oxygen atoms in total. The van der Waals surface area contributed by atoms with Gasteiger partial charge in [-0.2, -0.15) is 0 Å². The minimum Gasteiger partial charge on any atom is -0.462 e. The van der Waals surface area contributed by atoms with Crippen molar-refractivity contribution in [1.29, 1.82) is 0 Å². The zero-order valence-corrected chi connectivity index (χ0v) is 14.2. The second-order valence-corrected chi connectivity index (χ2v) is 6.20. The third kappa shape index (κ3) is 4.79. The molecule has 1 heterocycles. The average molecular weight is 318 g/mol. The number of likely N-dealkylation sites (tertiary alicyclic amines) is 1. The Balaban J connectivity index is 1.98. The molecule has 0 aromatic heterocycles. The Hall–Kier alpha value is -1.88. The maximum Gasteiger partial charge on any atom is 0.338 e. The molecule has 0 spiro atoms. The fourth-order valence-corrected chi connectivity index (χ4v) is 2.93. The van der Waals surface area contributed by atoms with E-state index in [1.807, 2.05) is 13.0 Å². The molecule has 0 unspecified atom stereocenters. The van der Waals surface area contributed by atoms with Crippen LogP contribution in [0.5, 0.6) is 0 Å². The van der Waals surface area contributed by atoms with Crippen LogP contribution in [0.15, 0.2) is 18.2 Å². The van der Waals surface area contributed by atoms with E-state index < -0.39 is 0 Å². The highest BCUT2D eigenvalue weighted by atomic mass is 16.5. The first-order chi connectivity index (χ1) is 11.0. The van der Waals surface area contributed by atoms with E-state index in [2.05, 4.69) is 17.3 Å². The number of benzene rings is 1. The molecule has 5 heteroatoms. The van der Waals surface area contributed by atoms with Gasteiger partial charge in [-0.25, -0.2) is 4.79 Å². The molecule has 1 saturated heterocycles. The van der Waals surface area contributed by atoms with Gasteiger partial charge < -0.3 is 15.0 Å². The van der Waals surface area contributed by atoms with Crippen molar-refractivity contribution in [2.75, 3.05) is 32.1 Å². The predicted octanol–water partition coefficient (Wildman–Crippen LogP) is 2.84. The summed E-state index contributed by atoms with van der Waals surface area (Å²) in [6.45, 7) is 6.05. The summed E-state index contributed by atoms with van der Waals surface area (Å²) in [5.74, 6) is 0.111. The number of ether oxygens (including phenoxy) is 1. The minimum absolute atomic E-state index is 0.0173. The van der Waals surface area contributed by atoms with Gasteiger partial charge >= 0.3 is 5.97 Å². The second kappa shape index (κ2) is 8.11. The lowest BCUT2D eigenvalue weighted by atomic mass is 9.93. The SMILES string of the molecule is CCOC(=O)c1cccc(NC(=O)CC2CCN(C)CC2)c1C. The number of nitrogens with zero attached hydrogens (tertiary/aromatic N) is 1. The number of piperidine rings is 1. The Morgan fingerprint density at radius 2 is 2.00 bits per heavy atom. The first kappa shape index (κ1) is 17.5. The van der Waals surface area contributed by atoms with E-state index in [1.165, 1.54) is 0 Å². The van der Waals surface area contributed by atoms with Gasteiger partial charge in [-0.1, -0.05) is 6.07 Å². The van der Waals surface area contributed by atoms with Crippen LogP contribution in [-0.2, 0) is 9.53 Å². The van der Waals surface area contributed by atoms with Gasteiger partial charge in [0.1, 0.15) is 0 Å². The van der Waals surface area contributed by atoms with Crippen LogP contribution in [0.4, 0.5) is 5.69 Å². The summed E-state index contributed by atoms with van der Waals surface area (Å²) in [5, 5.41) is 2.95. The molecular weight excluding hydrogens is 292 g/mol. The van der Waals surface area contributed by atoms with Crippen LogP contribution in [0.2, 0.25) is 0 Å². The molecule has 1 N–H and O–H groups in total. The van der Waals surface area contributed by atoms with Gasteiger partial charge in [-0.15, -0.1) is 0 Å². The van der Waals surface area contributed by atoms with E-state index in [9.17, 15) is 9.59 Å². The predicted molar refractivity (Wildman–Crippen MR) is 90.6 cm³/mol. The standard InChI is InChI=1S/C18H26N2O3/c1-4-23-18(22)15-6-5-7-16(13(15)2)19-17(21)12-14-8-10-20(3)11-9-14/h5-7,14H,4,8-12H2,1-3H3,(H,19,21). The largest absolute Gasteiger partial charge is 0.462 e. The molecule has 2 rings (SSSR count). The number of anilines is 1. The number of nitrogens with one attached hydrogen (secondary N) is 1. The minimum atomic E-state index is -0.351. The Kier molecular flexibility index (Phi) is 6.16. The normalized spacial score (nSPS) is 16.1. The van der Waals surface area contributed by atoms with Crippen LogP contribution < -0.4 is 5.32 Å². The first-order valence-corrected chi connectivity index (χ1v) is 8.26.